The Morgan fingerprint density at radius 1 is 1.14 bits per heavy atom. The summed E-state index contributed by atoms with van der Waals surface area (Å²) in [5.74, 6) is 0.606. The Morgan fingerprint density at radius 3 is 2.79 bits per heavy atom. The normalized spacial score (nSPS) is 23.7. The molecule has 2 aliphatic carbocycles. The second-order valence-electron chi connectivity index (χ2n) is 7.65. The highest BCUT2D eigenvalue weighted by molar-refractivity contribution is 6.33. The van der Waals surface area contributed by atoms with Crippen molar-refractivity contribution in [2.24, 2.45) is 4.99 Å². The maximum atomic E-state index is 13.5. The molecule has 0 bridgehead atoms. The zero-order valence-corrected chi connectivity index (χ0v) is 16.3. The van der Waals surface area contributed by atoms with Crippen LogP contribution in [0, 0.1) is 0 Å². The van der Waals surface area contributed by atoms with E-state index in [0.717, 1.165) is 46.1 Å². The summed E-state index contributed by atoms with van der Waals surface area (Å²) in [6.45, 7) is 0. The van der Waals surface area contributed by atoms with Crippen LogP contribution in [0.25, 0.3) is 11.1 Å². The molecule has 0 atom stereocenters. The summed E-state index contributed by atoms with van der Waals surface area (Å²) >= 11 is 6.53. The van der Waals surface area contributed by atoms with Crippen LogP contribution in [0.2, 0.25) is 5.02 Å². The van der Waals surface area contributed by atoms with Crippen molar-refractivity contribution < 1.29 is 4.39 Å². The fourth-order valence-electron chi connectivity index (χ4n) is 4.55. The maximum absolute atomic E-state index is 13.5. The van der Waals surface area contributed by atoms with Crippen molar-refractivity contribution in [3.8, 4) is 0 Å². The molecule has 3 heterocycles. The number of aliphatic imine (C=N–C) groups is 1. The van der Waals surface area contributed by atoms with Gasteiger partial charge in [0.15, 0.2) is 0 Å². The maximum Gasteiger partial charge on any atom is 0.138 e. The van der Waals surface area contributed by atoms with E-state index >= 15 is 0 Å². The minimum absolute atomic E-state index is 0.189. The van der Waals surface area contributed by atoms with E-state index in [1.807, 2.05) is 18.6 Å². The van der Waals surface area contributed by atoms with Crippen molar-refractivity contribution in [1.29, 1.82) is 0 Å². The predicted octanol–water partition coefficient (Wildman–Crippen LogP) is 4.64. The summed E-state index contributed by atoms with van der Waals surface area (Å²) in [6.07, 6.45) is 18.0. The Hall–Kier alpha value is -2.40. The molecule has 144 valence electrons. The highest BCUT2D eigenvalue weighted by Gasteiger charge is 2.23. The van der Waals surface area contributed by atoms with E-state index < -0.39 is 0 Å². The van der Waals surface area contributed by atoms with Crippen LogP contribution in [0.3, 0.4) is 0 Å². The fraction of sp³-hybridized carbons (Fsp3) is 0.364. The van der Waals surface area contributed by atoms with Gasteiger partial charge in [0.05, 0.1) is 22.0 Å². The molecule has 1 fully saturated rings. The Kier molecular flexibility index (Phi) is 4.55. The molecule has 6 heteroatoms. The smallest absolute Gasteiger partial charge is 0.138 e. The lowest BCUT2D eigenvalue weighted by Crippen LogP contribution is -2.37. The lowest BCUT2D eigenvalue weighted by atomic mass is 9.94. The monoisotopic (exact) mass is 396 g/mol. The van der Waals surface area contributed by atoms with Gasteiger partial charge in [0.1, 0.15) is 11.6 Å². The Balaban J connectivity index is 1.82. The van der Waals surface area contributed by atoms with Crippen LogP contribution in [0.15, 0.2) is 41.6 Å². The number of hydrogen-bond donors (Lipinski definition) is 1. The van der Waals surface area contributed by atoms with Crippen LogP contribution in [0.1, 0.15) is 56.6 Å². The van der Waals surface area contributed by atoms with Gasteiger partial charge in [-0.1, -0.05) is 36.9 Å². The van der Waals surface area contributed by atoms with Crippen molar-refractivity contribution in [1.82, 2.24) is 14.5 Å². The number of H-pyrrole nitrogens is 1. The number of aromatic amines is 1. The number of nitrogens with one attached hydrogen (secondary N) is 1. The van der Waals surface area contributed by atoms with E-state index in [4.69, 9.17) is 16.6 Å². The summed E-state index contributed by atoms with van der Waals surface area (Å²) in [7, 11) is 0. The average molecular weight is 397 g/mol. The average Bonchev–Trinajstić information content (AvgIpc) is 3.34. The number of imidazole rings is 1. The Morgan fingerprint density at radius 2 is 2.00 bits per heavy atom. The summed E-state index contributed by atoms with van der Waals surface area (Å²) in [5, 5.41) is 2.72. The molecule has 28 heavy (non-hydrogen) atoms. The van der Waals surface area contributed by atoms with E-state index in [9.17, 15) is 4.39 Å². The molecule has 0 radical (unpaired) electrons. The lowest BCUT2D eigenvalue weighted by molar-refractivity contribution is 0.348. The molecule has 0 aromatic carbocycles. The van der Waals surface area contributed by atoms with Gasteiger partial charge >= 0.3 is 0 Å². The van der Waals surface area contributed by atoms with Gasteiger partial charge in [0, 0.05) is 30.4 Å². The first-order chi connectivity index (χ1) is 13.7. The molecule has 1 N–H and O–H groups in total. The van der Waals surface area contributed by atoms with Crippen molar-refractivity contribution in [2.45, 2.75) is 51.0 Å². The molecule has 4 nitrogen and oxygen atoms in total. The number of fused-ring (bicyclic) bond motifs is 1. The zero-order valence-electron chi connectivity index (χ0n) is 15.6. The third-order valence-corrected chi connectivity index (χ3v) is 6.24. The minimum Gasteiger partial charge on any atom is -0.345 e. The van der Waals surface area contributed by atoms with Crippen molar-refractivity contribution >= 4 is 34.8 Å². The van der Waals surface area contributed by atoms with Gasteiger partial charge in [-0.15, -0.1) is 0 Å². The van der Waals surface area contributed by atoms with E-state index in [1.165, 1.54) is 25.3 Å². The van der Waals surface area contributed by atoms with Crippen molar-refractivity contribution in [3.05, 3.63) is 57.9 Å². The highest BCUT2D eigenvalue weighted by Crippen LogP contribution is 2.35. The number of halogens is 2. The third kappa shape index (κ3) is 2.98. The molecule has 2 aromatic rings. The van der Waals surface area contributed by atoms with Crippen LogP contribution in [-0.2, 0) is 0 Å². The van der Waals surface area contributed by atoms with Crippen LogP contribution >= 0.6 is 11.6 Å². The van der Waals surface area contributed by atoms with Gasteiger partial charge in [-0.2, -0.15) is 0 Å². The molecule has 0 amide bonds. The van der Waals surface area contributed by atoms with E-state index in [-0.39, 0.29) is 5.83 Å². The molecular weight excluding hydrogens is 375 g/mol. The quantitative estimate of drug-likeness (QED) is 0.749. The first kappa shape index (κ1) is 17.7. The first-order valence-electron chi connectivity index (χ1n) is 9.95. The van der Waals surface area contributed by atoms with E-state index in [1.54, 1.807) is 12.3 Å². The molecular formula is C22H22ClFN4. The molecule has 0 unspecified atom stereocenters. The number of hydrogen-bond acceptors (Lipinski definition) is 2. The van der Waals surface area contributed by atoms with Gasteiger partial charge in [0.25, 0.3) is 0 Å². The van der Waals surface area contributed by atoms with E-state index in [0.29, 0.717) is 23.9 Å². The number of nitrogens with zero attached hydrogens (tertiary/aromatic N) is 3. The Labute approximate surface area is 167 Å². The largest absolute Gasteiger partial charge is 0.345 e. The van der Waals surface area contributed by atoms with Gasteiger partial charge in [-0.25, -0.2) is 14.4 Å². The zero-order chi connectivity index (χ0) is 19.1. The molecule has 1 aliphatic heterocycles. The highest BCUT2D eigenvalue weighted by atomic mass is 35.5. The summed E-state index contributed by atoms with van der Waals surface area (Å²) < 4.78 is 15.9. The topological polar surface area (TPSA) is 46.0 Å². The SMILES string of the molecule is FC1=CCC(=c2ncn(C3CCCCC3)c2=C2CC=Nc3[nH]cc(Cl)c32)C=C1. The van der Waals surface area contributed by atoms with Crippen LogP contribution in [0.4, 0.5) is 10.2 Å². The summed E-state index contributed by atoms with van der Waals surface area (Å²) in [5.41, 5.74) is 3.14. The second kappa shape index (κ2) is 7.21. The van der Waals surface area contributed by atoms with Crippen molar-refractivity contribution in [3.63, 3.8) is 0 Å². The minimum atomic E-state index is -0.189. The van der Waals surface area contributed by atoms with Gasteiger partial charge < -0.3 is 9.55 Å². The molecule has 2 aromatic heterocycles. The summed E-state index contributed by atoms with van der Waals surface area (Å²) in [4.78, 5) is 12.4. The molecule has 5 rings (SSSR count). The van der Waals surface area contributed by atoms with Gasteiger partial charge in [0.2, 0.25) is 0 Å². The first-order valence-corrected chi connectivity index (χ1v) is 10.3. The summed E-state index contributed by atoms with van der Waals surface area (Å²) in [6, 6.07) is 0.443. The Bertz CT molecular complexity index is 1130. The number of aromatic nitrogens is 3. The molecule has 3 aliphatic rings. The van der Waals surface area contributed by atoms with Gasteiger partial charge in [-0.3, -0.25) is 0 Å². The van der Waals surface area contributed by atoms with Crippen LogP contribution < -0.4 is 10.7 Å². The van der Waals surface area contributed by atoms with E-state index in [2.05, 4.69) is 14.5 Å². The van der Waals surface area contributed by atoms with Crippen LogP contribution in [0.5, 0.6) is 0 Å². The molecule has 0 spiro atoms. The van der Waals surface area contributed by atoms with Gasteiger partial charge in [-0.05, 0) is 42.6 Å². The third-order valence-electron chi connectivity index (χ3n) is 5.94. The lowest BCUT2D eigenvalue weighted by Gasteiger charge is -2.24. The van der Waals surface area contributed by atoms with Crippen molar-refractivity contribution in [2.75, 3.05) is 0 Å². The predicted molar refractivity (Wildman–Crippen MR) is 111 cm³/mol. The standard InChI is InChI=1S/C22H22ClFN4/c23-18-12-26-22-19(18)17(10-11-25-22)21-20(14-6-8-15(24)9-7-14)27-13-28(21)16-4-2-1-3-5-16/h6,8-9,11-13,16,26H,1-5,7,10H2. The second-order valence-corrected chi connectivity index (χ2v) is 8.05. The fourth-order valence-corrected chi connectivity index (χ4v) is 4.81. The molecule has 1 saturated carbocycles. The number of rotatable bonds is 1. The molecule has 0 saturated heterocycles. The number of allylic oxidation sites excluding steroid dienone is 4. The van der Waals surface area contributed by atoms with Crippen LogP contribution in [-0.4, -0.2) is 20.7 Å².